The van der Waals surface area contributed by atoms with E-state index in [4.69, 9.17) is 9.47 Å². The molecule has 2 aliphatic rings. The van der Waals surface area contributed by atoms with Crippen molar-refractivity contribution in [3.05, 3.63) is 12.7 Å². The maximum absolute atomic E-state index is 14.2. The van der Waals surface area contributed by atoms with Crippen LogP contribution in [0, 0.1) is 29.1 Å². The summed E-state index contributed by atoms with van der Waals surface area (Å²) in [4.78, 5) is 101. The zero-order valence-corrected chi connectivity index (χ0v) is 35.4. The number of cyclic esters (lactones) is 2. The standard InChI is InChI=1S/C41H69N5O9/c1-14-16-17-20-30-41(11,12)40(53)44-31(24(5)6)36(49)45(13)32(25(7)8)39(52)55-33(26(9)15-2)37(50)46-21-18-19-29(46)35(48)43-28(22-23(3)4)34(47)42-27(10)38(51)54-30/h14,23-33H,1,15-22H2,2-13H3,(H,42,47)(H,43,48)(H,44,53). The molecule has 8 atom stereocenters. The minimum absolute atomic E-state index is 0.0190. The van der Waals surface area contributed by atoms with Crippen LogP contribution in [0.5, 0.6) is 0 Å². The summed E-state index contributed by atoms with van der Waals surface area (Å²) in [7, 11) is 1.48. The largest absolute Gasteiger partial charge is 0.460 e. The number of nitrogens with zero attached hydrogens (tertiary/aromatic N) is 2. The van der Waals surface area contributed by atoms with Gasteiger partial charge in [-0.25, -0.2) is 9.59 Å². The van der Waals surface area contributed by atoms with Crippen LogP contribution in [0.25, 0.3) is 0 Å². The van der Waals surface area contributed by atoms with E-state index >= 15 is 0 Å². The van der Waals surface area contributed by atoms with Crippen LogP contribution in [0.4, 0.5) is 0 Å². The topological polar surface area (TPSA) is 181 Å². The molecule has 14 nitrogen and oxygen atoms in total. The molecule has 8 unspecified atom stereocenters. The maximum atomic E-state index is 14.2. The van der Waals surface area contributed by atoms with Crippen molar-refractivity contribution in [1.29, 1.82) is 0 Å². The Morgan fingerprint density at radius 1 is 0.873 bits per heavy atom. The molecular formula is C41H69N5O9. The summed E-state index contributed by atoms with van der Waals surface area (Å²) in [5.41, 5.74) is -1.34. The summed E-state index contributed by atoms with van der Waals surface area (Å²) in [5.74, 6) is -5.59. The highest BCUT2D eigenvalue weighted by atomic mass is 16.6. The van der Waals surface area contributed by atoms with Gasteiger partial charge < -0.3 is 35.2 Å². The molecule has 55 heavy (non-hydrogen) atoms. The van der Waals surface area contributed by atoms with Gasteiger partial charge in [0.1, 0.15) is 36.3 Å². The molecule has 2 saturated heterocycles. The fourth-order valence-corrected chi connectivity index (χ4v) is 7.11. The summed E-state index contributed by atoms with van der Waals surface area (Å²) in [6.07, 6.45) is 2.57. The predicted octanol–water partition coefficient (Wildman–Crippen LogP) is 3.90. The molecule has 0 aromatic rings. The Morgan fingerprint density at radius 3 is 2.05 bits per heavy atom. The third-order valence-electron chi connectivity index (χ3n) is 10.9. The summed E-state index contributed by atoms with van der Waals surface area (Å²) >= 11 is 0. The zero-order valence-electron chi connectivity index (χ0n) is 35.4. The highest BCUT2D eigenvalue weighted by molar-refractivity contribution is 5.96. The average molecular weight is 776 g/mol. The molecule has 14 heteroatoms. The number of nitrogens with one attached hydrogen (secondary N) is 3. The van der Waals surface area contributed by atoms with Crippen LogP contribution < -0.4 is 16.0 Å². The second-order valence-corrected chi connectivity index (χ2v) is 17.1. The molecule has 0 spiro atoms. The third kappa shape index (κ3) is 12.3. The van der Waals surface area contributed by atoms with E-state index < -0.39 is 107 Å². The van der Waals surface area contributed by atoms with E-state index in [1.54, 1.807) is 54.5 Å². The Balaban J connectivity index is 2.73. The molecule has 0 aromatic heterocycles. The van der Waals surface area contributed by atoms with Gasteiger partial charge in [0.15, 0.2) is 6.10 Å². The van der Waals surface area contributed by atoms with Gasteiger partial charge in [-0.15, -0.1) is 6.58 Å². The minimum Gasteiger partial charge on any atom is -0.460 e. The highest BCUT2D eigenvalue weighted by Crippen LogP contribution is 2.30. The Kier molecular flexibility index (Phi) is 17.8. The van der Waals surface area contributed by atoms with E-state index in [2.05, 4.69) is 22.5 Å². The van der Waals surface area contributed by atoms with Gasteiger partial charge in [0.25, 0.3) is 5.91 Å². The van der Waals surface area contributed by atoms with Crippen molar-refractivity contribution < 1.29 is 43.0 Å². The van der Waals surface area contributed by atoms with E-state index in [1.165, 1.54) is 23.8 Å². The first kappa shape index (κ1) is 47.2. The van der Waals surface area contributed by atoms with E-state index in [1.807, 2.05) is 20.8 Å². The lowest BCUT2D eigenvalue weighted by Gasteiger charge is -2.38. The maximum Gasteiger partial charge on any atom is 0.329 e. The lowest BCUT2D eigenvalue weighted by Crippen LogP contribution is -2.60. The fraction of sp³-hybridized carbons (Fsp3) is 0.780. The number of esters is 2. The summed E-state index contributed by atoms with van der Waals surface area (Å²) in [6.45, 7) is 23.3. The Morgan fingerprint density at radius 2 is 1.51 bits per heavy atom. The van der Waals surface area contributed by atoms with E-state index in [0.717, 1.165) is 0 Å². The first-order valence-corrected chi connectivity index (χ1v) is 20.1. The van der Waals surface area contributed by atoms with Crippen LogP contribution in [0.3, 0.4) is 0 Å². The van der Waals surface area contributed by atoms with Crippen molar-refractivity contribution in [3.8, 4) is 0 Å². The van der Waals surface area contributed by atoms with E-state index in [-0.39, 0.29) is 18.9 Å². The van der Waals surface area contributed by atoms with Gasteiger partial charge in [-0.3, -0.25) is 24.0 Å². The van der Waals surface area contributed by atoms with Crippen LogP contribution in [0.1, 0.15) is 121 Å². The first-order chi connectivity index (χ1) is 25.6. The van der Waals surface area contributed by atoms with Crippen molar-refractivity contribution >= 4 is 41.5 Å². The third-order valence-corrected chi connectivity index (χ3v) is 10.9. The second kappa shape index (κ2) is 20.8. The number of hydrogen-bond acceptors (Lipinski definition) is 9. The Labute approximate surface area is 328 Å². The normalized spacial score (nSPS) is 28.8. The smallest absolute Gasteiger partial charge is 0.329 e. The molecule has 3 N–H and O–H groups in total. The first-order valence-electron chi connectivity index (χ1n) is 20.1. The number of likely N-dealkylation sites (N-methyl/N-ethyl adjacent to an activating group) is 1. The lowest BCUT2D eigenvalue weighted by molar-refractivity contribution is -0.172. The summed E-state index contributed by atoms with van der Waals surface area (Å²) < 4.78 is 12.0. The van der Waals surface area contributed by atoms with Crippen molar-refractivity contribution in [2.75, 3.05) is 13.6 Å². The van der Waals surface area contributed by atoms with Crippen LogP contribution in [-0.2, 0) is 43.0 Å². The summed E-state index contributed by atoms with van der Waals surface area (Å²) in [5, 5.41) is 8.40. The monoisotopic (exact) mass is 776 g/mol. The molecule has 0 bridgehead atoms. The number of rotatable bonds is 10. The fourth-order valence-electron chi connectivity index (χ4n) is 7.11. The number of carbonyl (C=O) groups excluding carboxylic acids is 7. The average Bonchev–Trinajstić information content (AvgIpc) is 3.60. The Bertz CT molecular complexity index is 1400. The van der Waals surface area contributed by atoms with Crippen molar-refractivity contribution in [2.24, 2.45) is 29.1 Å². The quantitative estimate of drug-likeness (QED) is 0.169. The molecule has 2 aliphatic heterocycles. The van der Waals surface area contributed by atoms with Gasteiger partial charge in [0, 0.05) is 19.5 Å². The second-order valence-electron chi connectivity index (χ2n) is 17.1. The Hall–Kier alpha value is -3.97. The van der Waals surface area contributed by atoms with Crippen LogP contribution in [0.2, 0.25) is 0 Å². The number of unbranched alkanes of at least 4 members (excludes halogenated alkanes) is 1. The minimum atomic E-state index is -1.34. The lowest BCUT2D eigenvalue weighted by atomic mass is 9.82. The van der Waals surface area contributed by atoms with Gasteiger partial charge in [-0.2, -0.15) is 0 Å². The van der Waals surface area contributed by atoms with Crippen molar-refractivity contribution in [3.63, 3.8) is 0 Å². The van der Waals surface area contributed by atoms with Crippen LogP contribution in [-0.4, -0.2) is 107 Å². The molecule has 2 fully saturated rings. The molecule has 0 aromatic carbocycles. The van der Waals surface area contributed by atoms with Gasteiger partial charge in [0.05, 0.1) is 5.41 Å². The van der Waals surface area contributed by atoms with E-state index in [9.17, 15) is 33.6 Å². The molecule has 5 amide bonds. The highest BCUT2D eigenvalue weighted by Gasteiger charge is 2.46. The summed E-state index contributed by atoms with van der Waals surface area (Å²) in [6, 6.07) is -5.27. The SMILES string of the molecule is C=CCCCC1OC(=O)C(C)NC(=O)C(CC(C)C)NC(=O)C2CCCN2C(=O)C(C(C)CC)OC(=O)C(C(C)C)N(C)C(=O)C(C(C)C)NC(=O)C1(C)C. The predicted molar refractivity (Wildman–Crippen MR) is 209 cm³/mol. The van der Waals surface area contributed by atoms with Gasteiger partial charge in [-0.1, -0.05) is 61.5 Å². The molecule has 312 valence electrons. The number of fused-ring (bicyclic) bond motifs is 1. The number of allylic oxidation sites excluding steroid dienone is 1. The van der Waals surface area contributed by atoms with Crippen LogP contribution >= 0.6 is 0 Å². The molecule has 0 saturated carbocycles. The number of ether oxygens (including phenoxy) is 2. The van der Waals surface area contributed by atoms with Gasteiger partial charge >= 0.3 is 11.9 Å². The molecule has 0 radical (unpaired) electrons. The molecular weight excluding hydrogens is 706 g/mol. The number of hydrogen-bond donors (Lipinski definition) is 3. The van der Waals surface area contributed by atoms with Crippen LogP contribution in [0.15, 0.2) is 12.7 Å². The van der Waals surface area contributed by atoms with Gasteiger partial charge in [-0.05, 0) is 83.5 Å². The van der Waals surface area contributed by atoms with E-state index in [0.29, 0.717) is 38.5 Å². The molecule has 0 aliphatic carbocycles. The number of carbonyl (C=O) groups is 7. The molecule has 2 rings (SSSR count). The zero-order chi connectivity index (χ0) is 41.9. The molecule has 2 heterocycles. The van der Waals surface area contributed by atoms with Crippen molar-refractivity contribution in [1.82, 2.24) is 25.8 Å². The van der Waals surface area contributed by atoms with Gasteiger partial charge in [0.2, 0.25) is 23.6 Å². The van der Waals surface area contributed by atoms with Crippen molar-refractivity contribution in [2.45, 2.75) is 164 Å². The number of amides is 5.